The highest BCUT2D eigenvalue weighted by atomic mass is 35.5. The fourth-order valence-corrected chi connectivity index (χ4v) is 3.42. The van der Waals surface area contributed by atoms with Gasteiger partial charge in [-0.1, -0.05) is 42.1 Å². The molecule has 1 aliphatic rings. The number of benzene rings is 1. The van der Waals surface area contributed by atoms with Crippen LogP contribution in [0.15, 0.2) is 18.2 Å². The van der Waals surface area contributed by atoms with Crippen LogP contribution in [0.5, 0.6) is 0 Å². The van der Waals surface area contributed by atoms with E-state index in [0.29, 0.717) is 15.6 Å². The van der Waals surface area contributed by atoms with Crippen LogP contribution in [-0.4, -0.2) is 29.1 Å². The summed E-state index contributed by atoms with van der Waals surface area (Å²) in [6, 6.07) is 5.03. The summed E-state index contributed by atoms with van der Waals surface area (Å²) in [5, 5.41) is 10.7. The first-order chi connectivity index (χ1) is 9.46. The molecule has 5 heteroatoms. The maximum atomic E-state index is 11.9. The summed E-state index contributed by atoms with van der Waals surface area (Å²) in [5.41, 5.74) is -0.496. The van der Waals surface area contributed by atoms with Crippen LogP contribution in [0.25, 0.3) is 0 Å². The van der Waals surface area contributed by atoms with Crippen LogP contribution in [0.1, 0.15) is 38.2 Å². The van der Waals surface area contributed by atoms with Crippen LogP contribution in [0.4, 0.5) is 0 Å². The van der Waals surface area contributed by atoms with Gasteiger partial charge in [-0.05, 0) is 45.0 Å². The van der Waals surface area contributed by atoms with E-state index in [9.17, 15) is 9.90 Å². The second kappa shape index (κ2) is 6.33. The molecule has 0 aliphatic carbocycles. The Hall–Kier alpha value is -0.770. The average Bonchev–Trinajstić information content (AvgIpc) is 2.66. The lowest BCUT2D eigenvalue weighted by Gasteiger charge is -2.38. The third-order valence-corrected chi connectivity index (χ3v) is 4.66. The second-order valence-electron chi connectivity index (χ2n) is 5.40. The van der Waals surface area contributed by atoms with Crippen molar-refractivity contribution in [3.8, 4) is 0 Å². The zero-order chi connectivity index (χ0) is 14.8. The number of hydrogen-bond acceptors (Lipinski definition) is 2. The number of carboxylic acids is 1. The highest BCUT2D eigenvalue weighted by Crippen LogP contribution is 2.36. The Morgan fingerprint density at radius 3 is 2.30 bits per heavy atom. The van der Waals surface area contributed by atoms with Crippen LogP contribution in [0.3, 0.4) is 0 Å². The van der Waals surface area contributed by atoms with Crippen molar-refractivity contribution in [3.63, 3.8) is 0 Å². The van der Waals surface area contributed by atoms with Gasteiger partial charge >= 0.3 is 5.97 Å². The van der Waals surface area contributed by atoms with E-state index in [2.05, 4.69) is 0 Å². The molecule has 0 amide bonds. The number of aliphatic carboxylic acids is 1. The molecule has 2 rings (SSSR count). The van der Waals surface area contributed by atoms with Gasteiger partial charge in [-0.2, -0.15) is 0 Å². The van der Waals surface area contributed by atoms with Gasteiger partial charge in [-0.3, -0.25) is 4.90 Å². The molecule has 1 fully saturated rings. The van der Waals surface area contributed by atoms with E-state index >= 15 is 0 Å². The first-order valence-electron chi connectivity index (χ1n) is 6.90. The van der Waals surface area contributed by atoms with Crippen molar-refractivity contribution >= 4 is 29.2 Å². The van der Waals surface area contributed by atoms with Gasteiger partial charge in [0, 0.05) is 15.6 Å². The van der Waals surface area contributed by atoms with E-state index in [1.807, 2.05) is 4.90 Å². The van der Waals surface area contributed by atoms with Crippen molar-refractivity contribution in [3.05, 3.63) is 33.8 Å². The highest BCUT2D eigenvalue weighted by molar-refractivity contribution is 6.35. The zero-order valence-corrected chi connectivity index (χ0v) is 13.0. The standard InChI is InChI=1S/C15H19Cl2NO2/c1-15(14(19)20,18-8-4-2-3-5-9-18)12-7-6-11(16)10-13(12)17/h6-7,10H,2-5,8-9H2,1H3,(H,19,20). The molecule has 20 heavy (non-hydrogen) atoms. The molecule has 0 bridgehead atoms. The van der Waals surface area contributed by atoms with Crippen molar-refractivity contribution in [2.75, 3.05) is 13.1 Å². The summed E-state index contributed by atoms with van der Waals surface area (Å²) in [7, 11) is 0. The monoisotopic (exact) mass is 315 g/mol. The lowest BCUT2D eigenvalue weighted by molar-refractivity contribution is -0.151. The Bertz CT molecular complexity index is 499. The van der Waals surface area contributed by atoms with Gasteiger partial charge in [0.25, 0.3) is 0 Å². The second-order valence-corrected chi connectivity index (χ2v) is 6.25. The fraction of sp³-hybridized carbons (Fsp3) is 0.533. The molecule has 0 saturated carbocycles. The van der Waals surface area contributed by atoms with Gasteiger partial charge in [0.1, 0.15) is 5.54 Å². The molecular formula is C15H19Cl2NO2. The van der Waals surface area contributed by atoms with Gasteiger partial charge in [0.15, 0.2) is 0 Å². The Morgan fingerprint density at radius 1 is 1.20 bits per heavy atom. The average molecular weight is 316 g/mol. The molecule has 1 aromatic carbocycles. The number of nitrogens with zero attached hydrogens (tertiary/aromatic N) is 1. The molecule has 1 N–H and O–H groups in total. The Kier molecular flexibility index (Phi) is 4.95. The summed E-state index contributed by atoms with van der Waals surface area (Å²) in [6.07, 6.45) is 4.35. The predicted molar refractivity (Wildman–Crippen MR) is 81.5 cm³/mol. The summed E-state index contributed by atoms with van der Waals surface area (Å²) in [5.74, 6) is -0.872. The maximum absolute atomic E-state index is 11.9. The van der Waals surface area contributed by atoms with Gasteiger partial charge in [-0.25, -0.2) is 4.79 Å². The van der Waals surface area contributed by atoms with E-state index < -0.39 is 11.5 Å². The first kappa shape index (κ1) is 15.6. The number of likely N-dealkylation sites (tertiary alicyclic amines) is 1. The van der Waals surface area contributed by atoms with Crippen molar-refractivity contribution in [1.82, 2.24) is 4.90 Å². The molecule has 0 spiro atoms. The minimum Gasteiger partial charge on any atom is -0.480 e. The van der Waals surface area contributed by atoms with Crippen LogP contribution < -0.4 is 0 Å². The number of rotatable bonds is 3. The summed E-state index contributed by atoms with van der Waals surface area (Å²) >= 11 is 12.2. The van der Waals surface area contributed by atoms with Gasteiger partial charge in [0.2, 0.25) is 0 Å². The minimum atomic E-state index is -1.11. The Labute approximate surface area is 129 Å². The number of carbonyl (C=O) groups is 1. The first-order valence-corrected chi connectivity index (χ1v) is 7.66. The number of carboxylic acid groups (broad SMARTS) is 1. The van der Waals surface area contributed by atoms with Crippen LogP contribution in [-0.2, 0) is 10.3 Å². The smallest absolute Gasteiger partial charge is 0.328 e. The molecule has 0 radical (unpaired) electrons. The predicted octanol–water partition coefficient (Wildman–Crippen LogP) is 4.17. The third kappa shape index (κ3) is 2.95. The van der Waals surface area contributed by atoms with E-state index in [1.54, 1.807) is 25.1 Å². The molecule has 110 valence electrons. The van der Waals surface area contributed by atoms with Gasteiger partial charge in [0.05, 0.1) is 0 Å². The Balaban J connectivity index is 2.44. The fourth-order valence-electron chi connectivity index (χ4n) is 2.82. The lowest BCUT2D eigenvalue weighted by Crippen LogP contribution is -2.50. The van der Waals surface area contributed by atoms with E-state index in [4.69, 9.17) is 23.2 Å². The van der Waals surface area contributed by atoms with Crippen LogP contribution in [0, 0.1) is 0 Å². The summed E-state index contributed by atoms with van der Waals surface area (Å²) in [4.78, 5) is 14.0. The van der Waals surface area contributed by atoms with Crippen molar-refractivity contribution in [1.29, 1.82) is 0 Å². The highest BCUT2D eigenvalue weighted by Gasteiger charge is 2.42. The normalized spacial score (nSPS) is 20.1. The zero-order valence-electron chi connectivity index (χ0n) is 11.5. The van der Waals surface area contributed by atoms with Gasteiger partial charge in [-0.15, -0.1) is 0 Å². The molecule has 1 aliphatic heterocycles. The van der Waals surface area contributed by atoms with Crippen molar-refractivity contribution in [2.24, 2.45) is 0 Å². The minimum absolute atomic E-state index is 0.409. The maximum Gasteiger partial charge on any atom is 0.328 e. The van der Waals surface area contributed by atoms with Crippen LogP contribution >= 0.6 is 23.2 Å². The SMILES string of the molecule is CC(C(=O)O)(c1ccc(Cl)cc1Cl)N1CCCCCC1. The van der Waals surface area contributed by atoms with E-state index in [1.165, 1.54) is 0 Å². The molecular weight excluding hydrogens is 297 g/mol. The van der Waals surface area contributed by atoms with Gasteiger partial charge < -0.3 is 5.11 Å². The van der Waals surface area contributed by atoms with Crippen molar-refractivity contribution in [2.45, 2.75) is 38.1 Å². The van der Waals surface area contributed by atoms with Crippen molar-refractivity contribution < 1.29 is 9.90 Å². The van der Waals surface area contributed by atoms with E-state index in [0.717, 1.165) is 38.8 Å². The number of hydrogen-bond donors (Lipinski definition) is 1. The molecule has 0 aromatic heterocycles. The molecule has 1 aromatic rings. The molecule has 1 atom stereocenters. The molecule has 1 unspecified atom stereocenters. The largest absolute Gasteiger partial charge is 0.480 e. The third-order valence-electron chi connectivity index (χ3n) is 4.11. The molecule has 3 nitrogen and oxygen atoms in total. The quantitative estimate of drug-likeness (QED) is 0.910. The number of halogens is 2. The summed E-state index contributed by atoms with van der Waals surface area (Å²) in [6.45, 7) is 3.29. The summed E-state index contributed by atoms with van der Waals surface area (Å²) < 4.78 is 0. The molecule has 1 heterocycles. The van der Waals surface area contributed by atoms with E-state index in [-0.39, 0.29) is 0 Å². The van der Waals surface area contributed by atoms with Crippen LogP contribution in [0.2, 0.25) is 10.0 Å². The Morgan fingerprint density at radius 2 is 1.80 bits per heavy atom. The molecule has 1 saturated heterocycles. The topological polar surface area (TPSA) is 40.5 Å². The lowest BCUT2D eigenvalue weighted by atomic mass is 9.89.